The number of hydrogen-bond acceptors (Lipinski definition) is 7. The van der Waals surface area contributed by atoms with Gasteiger partial charge in [0.15, 0.2) is 0 Å². The Balaban J connectivity index is 2.61. The maximum atomic E-state index is 11.5. The first-order valence-corrected chi connectivity index (χ1v) is 4.73. The summed E-state index contributed by atoms with van der Waals surface area (Å²) in [4.78, 5) is 21.7. The van der Waals surface area contributed by atoms with Crippen molar-refractivity contribution in [2.75, 3.05) is 7.11 Å². The molecule has 18 heavy (non-hydrogen) atoms. The fourth-order valence-electron chi connectivity index (χ4n) is 1.38. The fraction of sp³-hybridized carbons (Fsp3) is 0.111. The molecule has 0 unspecified atom stereocenters. The average Bonchev–Trinajstić information content (AvgIpc) is 2.90. The predicted octanol–water partition coefficient (Wildman–Crippen LogP) is 0.357. The molecule has 0 saturated carbocycles. The molecule has 9 heteroatoms. The van der Waals surface area contributed by atoms with Crippen LogP contribution in [0.25, 0.3) is 5.69 Å². The van der Waals surface area contributed by atoms with Gasteiger partial charge in [-0.1, -0.05) is 0 Å². The molecule has 0 fully saturated rings. The van der Waals surface area contributed by atoms with Crippen LogP contribution in [0.4, 0.5) is 5.69 Å². The zero-order chi connectivity index (χ0) is 13.1. The van der Waals surface area contributed by atoms with E-state index in [2.05, 4.69) is 20.3 Å². The van der Waals surface area contributed by atoms with E-state index in [1.165, 1.54) is 31.6 Å². The number of non-ortho nitro benzene ring substituents is 1. The van der Waals surface area contributed by atoms with Crippen LogP contribution in [0.5, 0.6) is 0 Å². The van der Waals surface area contributed by atoms with E-state index < -0.39 is 10.9 Å². The van der Waals surface area contributed by atoms with Crippen molar-refractivity contribution in [2.24, 2.45) is 0 Å². The van der Waals surface area contributed by atoms with Crippen LogP contribution in [-0.4, -0.2) is 38.2 Å². The van der Waals surface area contributed by atoms with Crippen LogP contribution >= 0.6 is 0 Å². The molecular weight excluding hydrogens is 242 g/mol. The summed E-state index contributed by atoms with van der Waals surface area (Å²) in [5, 5.41) is 21.1. The van der Waals surface area contributed by atoms with E-state index in [1.807, 2.05) is 0 Å². The molecule has 1 heterocycles. The molecule has 0 aliphatic carbocycles. The molecule has 0 bridgehead atoms. The summed E-state index contributed by atoms with van der Waals surface area (Å²) >= 11 is 0. The van der Waals surface area contributed by atoms with E-state index in [4.69, 9.17) is 0 Å². The molecule has 0 radical (unpaired) electrons. The second kappa shape index (κ2) is 4.57. The molecule has 2 aromatic rings. The van der Waals surface area contributed by atoms with E-state index in [0.29, 0.717) is 0 Å². The molecular formula is C9H7N5O4. The number of ether oxygens (including phenoxy) is 1. The molecule has 0 aliphatic heterocycles. The summed E-state index contributed by atoms with van der Waals surface area (Å²) in [6, 6.07) is 3.70. The Morgan fingerprint density at radius 2 is 2.28 bits per heavy atom. The number of nitrogens with zero attached hydrogens (tertiary/aromatic N) is 5. The number of nitro groups is 1. The number of carbonyl (C=O) groups is 1. The van der Waals surface area contributed by atoms with E-state index >= 15 is 0 Å². The number of rotatable bonds is 3. The molecule has 0 saturated heterocycles. The molecule has 0 spiro atoms. The number of methoxy groups -OCH3 is 1. The molecule has 0 N–H and O–H groups in total. The van der Waals surface area contributed by atoms with Crippen LogP contribution in [0.15, 0.2) is 24.5 Å². The smallest absolute Gasteiger partial charge is 0.340 e. The SMILES string of the molecule is COC(=O)c1ccc([N+](=O)[O-])cc1-n1cnnn1. The van der Waals surface area contributed by atoms with Gasteiger partial charge in [-0.2, -0.15) is 4.68 Å². The van der Waals surface area contributed by atoms with Crippen molar-refractivity contribution in [3.8, 4) is 5.69 Å². The Morgan fingerprint density at radius 1 is 1.50 bits per heavy atom. The Hall–Kier alpha value is -2.84. The van der Waals surface area contributed by atoms with Gasteiger partial charge < -0.3 is 4.74 Å². The van der Waals surface area contributed by atoms with Gasteiger partial charge in [-0.25, -0.2) is 4.79 Å². The van der Waals surface area contributed by atoms with Gasteiger partial charge in [0, 0.05) is 12.1 Å². The first-order valence-electron chi connectivity index (χ1n) is 4.73. The Morgan fingerprint density at radius 3 is 2.83 bits per heavy atom. The van der Waals surface area contributed by atoms with E-state index in [9.17, 15) is 14.9 Å². The number of hydrogen-bond donors (Lipinski definition) is 0. The number of nitro benzene ring substituents is 1. The van der Waals surface area contributed by atoms with Crippen molar-refractivity contribution in [3.05, 3.63) is 40.2 Å². The van der Waals surface area contributed by atoms with Crippen LogP contribution in [0.1, 0.15) is 10.4 Å². The summed E-state index contributed by atoms with van der Waals surface area (Å²) in [7, 11) is 1.22. The van der Waals surface area contributed by atoms with Crippen molar-refractivity contribution >= 4 is 11.7 Å². The maximum Gasteiger partial charge on any atom is 0.340 e. The van der Waals surface area contributed by atoms with Crippen molar-refractivity contribution in [2.45, 2.75) is 0 Å². The van der Waals surface area contributed by atoms with Crippen LogP contribution < -0.4 is 0 Å². The fourth-order valence-corrected chi connectivity index (χ4v) is 1.38. The Bertz CT molecular complexity index is 595. The minimum absolute atomic E-state index is 0.135. The zero-order valence-electron chi connectivity index (χ0n) is 9.18. The van der Waals surface area contributed by atoms with E-state index in [0.717, 1.165) is 4.68 Å². The topological polar surface area (TPSA) is 113 Å². The molecule has 0 aliphatic rings. The van der Waals surface area contributed by atoms with Gasteiger partial charge in [0.1, 0.15) is 6.33 Å². The molecule has 92 valence electrons. The lowest BCUT2D eigenvalue weighted by molar-refractivity contribution is -0.384. The number of esters is 1. The van der Waals surface area contributed by atoms with Crippen LogP contribution in [-0.2, 0) is 4.74 Å². The minimum atomic E-state index is -0.629. The summed E-state index contributed by atoms with van der Waals surface area (Å²) in [6.07, 6.45) is 1.23. The summed E-state index contributed by atoms with van der Waals surface area (Å²) in [5.41, 5.74) is 0.143. The Labute approximate surface area is 100 Å². The van der Waals surface area contributed by atoms with Crippen LogP contribution in [0, 0.1) is 10.1 Å². The first-order chi connectivity index (χ1) is 8.63. The molecule has 1 aromatic heterocycles. The summed E-state index contributed by atoms with van der Waals surface area (Å²) in [5.74, 6) is -0.629. The van der Waals surface area contributed by atoms with Gasteiger partial charge in [0.05, 0.1) is 23.3 Å². The lowest BCUT2D eigenvalue weighted by Gasteiger charge is -2.06. The standard InChI is InChI=1S/C9H7N5O4/c1-18-9(15)7-3-2-6(14(16)17)4-8(7)13-5-10-11-12-13/h2-5H,1H3. The predicted molar refractivity (Wildman–Crippen MR) is 57.1 cm³/mol. The second-order valence-electron chi connectivity index (χ2n) is 3.20. The highest BCUT2D eigenvalue weighted by molar-refractivity contribution is 5.93. The summed E-state index contributed by atoms with van der Waals surface area (Å²) in [6.45, 7) is 0. The van der Waals surface area contributed by atoms with E-state index in [1.54, 1.807) is 0 Å². The largest absolute Gasteiger partial charge is 0.465 e. The normalized spacial score (nSPS) is 10.1. The van der Waals surface area contributed by atoms with Gasteiger partial charge in [-0.15, -0.1) is 5.10 Å². The van der Waals surface area contributed by atoms with Crippen molar-refractivity contribution in [1.29, 1.82) is 0 Å². The van der Waals surface area contributed by atoms with E-state index in [-0.39, 0.29) is 16.9 Å². The van der Waals surface area contributed by atoms with Gasteiger partial charge in [-0.05, 0) is 16.5 Å². The lowest BCUT2D eigenvalue weighted by atomic mass is 10.1. The molecule has 0 atom stereocenters. The number of carbonyl (C=O) groups excluding carboxylic acids is 1. The monoisotopic (exact) mass is 249 g/mol. The maximum absolute atomic E-state index is 11.5. The highest BCUT2D eigenvalue weighted by atomic mass is 16.6. The summed E-state index contributed by atoms with van der Waals surface area (Å²) < 4.78 is 5.74. The minimum Gasteiger partial charge on any atom is -0.465 e. The van der Waals surface area contributed by atoms with Gasteiger partial charge in [-0.3, -0.25) is 10.1 Å². The molecule has 0 amide bonds. The zero-order valence-corrected chi connectivity index (χ0v) is 9.18. The molecule has 1 aromatic carbocycles. The van der Waals surface area contributed by atoms with Crippen molar-refractivity contribution in [1.82, 2.24) is 20.2 Å². The highest BCUT2D eigenvalue weighted by Gasteiger charge is 2.18. The van der Waals surface area contributed by atoms with Crippen LogP contribution in [0.2, 0.25) is 0 Å². The average molecular weight is 249 g/mol. The van der Waals surface area contributed by atoms with Crippen LogP contribution in [0.3, 0.4) is 0 Å². The van der Waals surface area contributed by atoms with Crippen molar-refractivity contribution < 1.29 is 14.5 Å². The number of aromatic nitrogens is 4. The van der Waals surface area contributed by atoms with Gasteiger partial charge in [0.2, 0.25) is 0 Å². The van der Waals surface area contributed by atoms with Gasteiger partial charge >= 0.3 is 5.97 Å². The molecule has 2 rings (SSSR count). The van der Waals surface area contributed by atoms with Crippen molar-refractivity contribution in [3.63, 3.8) is 0 Å². The number of benzene rings is 1. The highest BCUT2D eigenvalue weighted by Crippen LogP contribution is 2.21. The van der Waals surface area contributed by atoms with Gasteiger partial charge in [0.25, 0.3) is 5.69 Å². The molecule has 9 nitrogen and oxygen atoms in total. The third-order valence-corrected chi connectivity index (χ3v) is 2.19. The second-order valence-corrected chi connectivity index (χ2v) is 3.20. The number of tetrazole rings is 1. The third-order valence-electron chi connectivity index (χ3n) is 2.19. The lowest BCUT2D eigenvalue weighted by Crippen LogP contribution is -2.09. The third kappa shape index (κ3) is 2.00. The first kappa shape index (κ1) is 11.6. The Kier molecular flexibility index (Phi) is 2.96. The quantitative estimate of drug-likeness (QED) is 0.438.